The van der Waals surface area contributed by atoms with Crippen LogP contribution in [-0.2, 0) is 0 Å². The minimum Gasteiger partial charge on any atom is -0.370 e. The quantitative estimate of drug-likeness (QED) is 0.236. The Morgan fingerprint density at radius 2 is 1.53 bits per heavy atom. The molecule has 2 aliphatic heterocycles. The molecule has 4 aromatic rings. The topological polar surface area (TPSA) is 50.1 Å². The van der Waals surface area contributed by atoms with Crippen LogP contribution in [0.15, 0.2) is 54.9 Å². The third-order valence-corrected chi connectivity index (χ3v) is 9.29. The monoisotopic (exact) mass is 626 g/mol. The van der Waals surface area contributed by atoms with E-state index in [0.29, 0.717) is 18.5 Å². The second-order valence-corrected chi connectivity index (χ2v) is 12.3. The van der Waals surface area contributed by atoms with E-state index in [0.717, 1.165) is 46.6 Å². The Bertz CT molecular complexity index is 1490. The number of fused-ring (bicyclic) bond motifs is 1. The lowest BCUT2D eigenvalue weighted by molar-refractivity contribution is -0.0220. The van der Waals surface area contributed by atoms with Crippen LogP contribution in [0.2, 0.25) is 0 Å². The highest BCUT2D eigenvalue weighted by atomic mass is 127. The van der Waals surface area contributed by atoms with Crippen molar-refractivity contribution in [1.29, 1.82) is 0 Å². The van der Waals surface area contributed by atoms with Crippen LogP contribution in [0.1, 0.15) is 38.5 Å². The molecule has 2 saturated heterocycles. The summed E-state index contributed by atoms with van der Waals surface area (Å²) in [5, 5.41) is 10.1. The zero-order valence-electron chi connectivity index (χ0n) is 21.1. The van der Waals surface area contributed by atoms with Gasteiger partial charge >= 0.3 is 0 Å². The zero-order valence-corrected chi connectivity index (χ0v) is 23.2. The number of anilines is 2. The van der Waals surface area contributed by atoms with Gasteiger partial charge in [0, 0.05) is 59.7 Å². The number of aromatic nitrogens is 4. The van der Waals surface area contributed by atoms with E-state index in [9.17, 15) is 8.78 Å². The number of rotatable bonds is 4. The number of piperidine rings is 2. The van der Waals surface area contributed by atoms with E-state index in [1.54, 1.807) is 6.20 Å². The van der Waals surface area contributed by atoms with Gasteiger partial charge in [0.15, 0.2) is 0 Å². The van der Waals surface area contributed by atoms with E-state index in [-0.39, 0.29) is 12.8 Å². The molecule has 196 valence electrons. The van der Waals surface area contributed by atoms with Gasteiger partial charge in [-0.3, -0.25) is 4.98 Å². The minimum atomic E-state index is -2.60. The van der Waals surface area contributed by atoms with E-state index in [1.165, 1.54) is 34.9 Å². The van der Waals surface area contributed by atoms with Crippen LogP contribution >= 0.6 is 22.6 Å². The van der Waals surface area contributed by atoms with E-state index in [1.807, 2.05) is 34.0 Å². The Morgan fingerprint density at radius 1 is 0.789 bits per heavy atom. The van der Waals surface area contributed by atoms with Crippen LogP contribution < -0.4 is 9.80 Å². The Morgan fingerprint density at radius 3 is 2.29 bits per heavy atom. The lowest BCUT2D eigenvalue weighted by Gasteiger charge is -2.35. The van der Waals surface area contributed by atoms with Crippen molar-refractivity contribution < 1.29 is 8.78 Å². The molecule has 3 aliphatic rings. The van der Waals surface area contributed by atoms with E-state index in [2.05, 4.69) is 67.1 Å². The molecule has 0 radical (unpaired) electrons. The van der Waals surface area contributed by atoms with Gasteiger partial charge in [-0.25, -0.2) is 13.5 Å². The summed E-state index contributed by atoms with van der Waals surface area (Å²) in [4.78, 5) is 9.11. The summed E-state index contributed by atoms with van der Waals surface area (Å²) in [7, 11) is 0. The summed E-state index contributed by atoms with van der Waals surface area (Å²) in [6.07, 6.45) is 8.73. The summed E-state index contributed by atoms with van der Waals surface area (Å²) >= 11 is 2.38. The Balaban J connectivity index is 1.23. The van der Waals surface area contributed by atoms with Crippen molar-refractivity contribution in [3.05, 3.63) is 58.4 Å². The van der Waals surface area contributed by atoms with Gasteiger partial charge in [0.25, 0.3) is 5.92 Å². The van der Waals surface area contributed by atoms with Gasteiger partial charge in [-0.05, 0) is 90.1 Å². The highest BCUT2D eigenvalue weighted by Crippen LogP contribution is 2.54. The average Bonchev–Trinajstić information content (AvgIpc) is 3.49. The molecule has 1 saturated carbocycles. The smallest absolute Gasteiger partial charge is 0.251 e. The lowest BCUT2D eigenvalue weighted by atomic mass is 9.93. The fourth-order valence-electron chi connectivity index (χ4n) is 5.99. The van der Waals surface area contributed by atoms with Crippen molar-refractivity contribution in [2.75, 3.05) is 36.0 Å². The predicted molar refractivity (Wildman–Crippen MR) is 154 cm³/mol. The van der Waals surface area contributed by atoms with E-state index >= 15 is 0 Å². The Kier molecular flexibility index (Phi) is 5.83. The summed E-state index contributed by atoms with van der Waals surface area (Å²) in [5.74, 6) is -2.60. The fraction of sp³-hybridized carbons (Fsp3) is 0.414. The van der Waals surface area contributed by atoms with Crippen molar-refractivity contribution in [3.8, 4) is 16.9 Å². The maximum absolute atomic E-state index is 13.9. The van der Waals surface area contributed by atoms with Crippen molar-refractivity contribution in [1.82, 2.24) is 20.0 Å². The van der Waals surface area contributed by atoms with Gasteiger partial charge in [0.1, 0.15) is 5.69 Å². The number of hydrogen-bond donors (Lipinski definition) is 0. The van der Waals surface area contributed by atoms with Crippen molar-refractivity contribution >= 4 is 44.9 Å². The predicted octanol–water partition coefficient (Wildman–Crippen LogP) is 6.70. The van der Waals surface area contributed by atoms with Crippen LogP contribution in [0, 0.1) is 8.99 Å². The first-order chi connectivity index (χ1) is 18.4. The third kappa shape index (κ3) is 4.52. The maximum Gasteiger partial charge on any atom is 0.251 e. The molecule has 0 atom stereocenters. The number of alkyl halides is 2. The molecule has 9 heteroatoms. The molecule has 1 spiro atoms. The molecule has 2 aromatic heterocycles. The first-order valence-corrected chi connectivity index (χ1v) is 14.5. The normalized spacial score (nSPS) is 20.3. The molecule has 2 aromatic carbocycles. The Labute approximate surface area is 234 Å². The molecule has 3 fully saturated rings. The van der Waals surface area contributed by atoms with Gasteiger partial charge in [0.05, 0.1) is 28.8 Å². The molecule has 0 bridgehead atoms. The van der Waals surface area contributed by atoms with Gasteiger partial charge in [0.2, 0.25) is 0 Å². The second-order valence-electron chi connectivity index (χ2n) is 11.1. The molecule has 0 amide bonds. The van der Waals surface area contributed by atoms with Crippen molar-refractivity contribution in [2.24, 2.45) is 5.41 Å². The van der Waals surface area contributed by atoms with E-state index < -0.39 is 5.92 Å². The van der Waals surface area contributed by atoms with Crippen molar-refractivity contribution in [3.63, 3.8) is 0 Å². The van der Waals surface area contributed by atoms with Gasteiger partial charge in [-0.2, -0.15) is 0 Å². The van der Waals surface area contributed by atoms with Gasteiger partial charge < -0.3 is 9.80 Å². The van der Waals surface area contributed by atoms with Crippen LogP contribution in [0.5, 0.6) is 0 Å². The van der Waals surface area contributed by atoms with Crippen LogP contribution in [0.25, 0.3) is 27.8 Å². The summed E-state index contributed by atoms with van der Waals surface area (Å²) in [6, 6.07) is 14.5. The van der Waals surface area contributed by atoms with Crippen molar-refractivity contribution in [2.45, 2.75) is 44.4 Å². The molecule has 0 N–H and O–H groups in total. The molecule has 7 rings (SSSR count). The number of pyridine rings is 1. The lowest BCUT2D eigenvalue weighted by Crippen LogP contribution is -2.39. The largest absolute Gasteiger partial charge is 0.370 e. The fourth-order valence-corrected chi connectivity index (χ4v) is 6.47. The first kappa shape index (κ1) is 24.2. The highest BCUT2D eigenvalue weighted by Gasteiger charge is 2.44. The van der Waals surface area contributed by atoms with Gasteiger partial charge in [-0.1, -0.05) is 11.3 Å². The molecular weight excluding hydrogens is 597 g/mol. The van der Waals surface area contributed by atoms with Crippen LogP contribution in [-0.4, -0.2) is 52.1 Å². The average molecular weight is 626 g/mol. The number of hydrogen-bond acceptors (Lipinski definition) is 5. The maximum atomic E-state index is 13.9. The molecule has 1 aliphatic carbocycles. The SMILES string of the molecule is FC1(F)CCN(c2cc(-c3cn(-c4ccc(I)cc4N4CCC5(CC4)CC5)nn3)cc3cccnc23)CC1. The highest BCUT2D eigenvalue weighted by molar-refractivity contribution is 14.1. The molecule has 38 heavy (non-hydrogen) atoms. The molecular formula is C29H29F2IN6. The van der Waals surface area contributed by atoms with Crippen LogP contribution in [0.3, 0.4) is 0 Å². The zero-order chi connectivity index (χ0) is 25.9. The number of halogens is 3. The molecule has 0 unspecified atom stereocenters. The minimum absolute atomic E-state index is 0.144. The molecule has 6 nitrogen and oxygen atoms in total. The third-order valence-electron chi connectivity index (χ3n) is 8.62. The summed E-state index contributed by atoms with van der Waals surface area (Å²) in [5.41, 5.74) is 6.20. The Hall–Kier alpha value is -2.82. The first-order valence-electron chi connectivity index (χ1n) is 13.4. The summed E-state index contributed by atoms with van der Waals surface area (Å²) in [6.45, 7) is 2.75. The number of nitrogens with zero attached hydrogens (tertiary/aromatic N) is 6. The summed E-state index contributed by atoms with van der Waals surface area (Å²) < 4.78 is 30.8. The second kappa shape index (κ2) is 9.14. The number of benzene rings is 2. The van der Waals surface area contributed by atoms with E-state index in [4.69, 9.17) is 0 Å². The van der Waals surface area contributed by atoms with Crippen LogP contribution in [0.4, 0.5) is 20.2 Å². The molecule has 4 heterocycles. The van der Waals surface area contributed by atoms with Gasteiger partial charge in [-0.15, -0.1) is 5.10 Å². The standard InChI is InChI=1S/C29H29F2IN6/c30-29(31)9-14-37(15-10-29)26-17-21(16-20-2-1-11-33-27(20)26)23-19-38(35-34-23)24-4-3-22(32)18-25(24)36-12-7-28(5-6-28)8-13-36/h1-4,11,16-19H,5-10,12-15H2.